The quantitative estimate of drug-likeness (QED) is 0.762. The number of imidazole rings is 1. The normalized spacial score (nSPS) is 11.5. The van der Waals surface area contributed by atoms with E-state index in [1.54, 1.807) is 0 Å². The van der Waals surface area contributed by atoms with Gasteiger partial charge in [-0.15, -0.1) is 0 Å². The Bertz CT molecular complexity index is 457. The standard InChI is InChI=1S/C12H17N3/c1-4-15-11-8-6-5-7-10(11)13-12(15)9-14(2)3/h5-8H,4,9H2,1-3H3. The summed E-state index contributed by atoms with van der Waals surface area (Å²) in [4.78, 5) is 6.79. The molecule has 3 heteroatoms. The molecule has 0 atom stereocenters. The molecule has 0 aliphatic carbocycles. The van der Waals surface area contributed by atoms with Gasteiger partial charge in [0.1, 0.15) is 5.82 Å². The zero-order chi connectivity index (χ0) is 10.8. The maximum atomic E-state index is 4.64. The fourth-order valence-electron chi connectivity index (χ4n) is 1.88. The Morgan fingerprint density at radius 3 is 2.67 bits per heavy atom. The van der Waals surface area contributed by atoms with Gasteiger partial charge in [0.05, 0.1) is 17.6 Å². The molecular formula is C12H17N3. The highest BCUT2D eigenvalue weighted by atomic mass is 15.1. The first-order chi connectivity index (χ1) is 7.22. The summed E-state index contributed by atoms with van der Waals surface area (Å²) in [6, 6.07) is 8.30. The summed E-state index contributed by atoms with van der Waals surface area (Å²) in [5, 5.41) is 0. The number of nitrogens with zero attached hydrogens (tertiary/aromatic N) is 3. The lowest BCUT2D eigenvalue weighted by Crippen LogP contribution is -2.15. The van der Waals surface area contributed by atoms with Crippen LogP contribution in [0.4, 0.5) is 0 Å². The number of rotatable bonds is 3. The van der Waals surface area contributed by atoms with E-state index in [0.717, 1.165) is 24.4 Å². The molecule has 0 aliphatic heterocycles. The third-order valence-electron chi connectivity index (χ3n) is 2.51. The molecule has 0 bridgehead atoms. The summed E-state index contributed by atoms with van der Waals surface area (Å²) in [6.45, 7) is 4.03. The second kappa shape index (κ2) is 4.03. The molecule has 0 unspecified atom stereocenters. The molecule has 0 radical (unpaired) electrons. The number of fused-ring (bicyclic) bond motifs is 1. The van der Waals surface area contributed by atoms with E-state index >= 15 is 0 Å². The molecule has 0 saturated heterocycles. The number of aryl methyl sites for hydroxylation is 1. The maximum Gasteiger partial charge on any atom is 0.124 e. The predicted molar refractivity (Wildman–Crippen MR) is 62.8 cm³/mol. The van der Waals surface area contributed by atoms with Crippen molar-refractivity contribution in [3.8, 4) is 0 Å². The monoisotopic (exact) mass is 203 g/mol. The van der Waals surface area contributed by atoms with E-state index in [1.165, 1.54) is 5.52 Å². The second-order valence-corrected chi connectivity index (χ2v) is 4.00. The molecule has 80 valence electrons. The lowest BCUT2D eigenvalue weighted by Gasteiger charge is -2.10. The van der Waals surface area contributed by atoms with Crippen LogP contribution in [0, 0.1) is 0 Å². The summed E-state index contributed by atoms with van der Waals surface area (Å²) in [5.41, 5.74) is 2.33. The number of benzene rings is 1. The SMILES string of the molecule is CCn1c(CN(C)C)nc2ccccc21. The molecule has 1 heterocycles. The minimum absolute atomic E-state index is 0.891. The van der Waals surface area contributed by atoms with Crippen molar-refractivity contribution in [3.05, 3.63) is 30.1 Å². The van der Waals surface area contributed by atoms with Crippen molar-refractivity contribution < 1.29 is 0 Å². The number of hydrogen-bond acceptors (Lipinski definition) is 2. The van der Waals surface area contributed by atoms with Crippen molar-refractivity contribution in [1.82, 2.24) is 14.5 Å². The van der Waals surface area contributed by atoms with Gasteiger partial charge in [-0.2, -0.15) is 0 Å². The largest absolute Gasteiger partial charge is 0.327 e. The number of hydrogen-bond donors (Lipinski definition) is 0. The highest BCUT2D eigenvalue weighted by Crippen LogP contribution is 2.16. The van der Waals surface area contributed by atoms with E-state index in [1.807, 2.05) is 6.07 Å². The van der Waals surface area contributed by atoms with Crippen LogP contribution in [0.25, 0.3) is 11.0 Å². The Balaban J connectivity index is 2.54. The Hall–Kier alpha value is -1.35. The molecule has 1 aromatic carbocycles. The van der Waals surface area contributed by atoms with Gasteiger partial charge in [-0.25, -0.2) is 4.98 Å². The van der Waals surface area contributed by atoms with Gasteiger partial charge in [-0.3, -0.25) is 0 Å². The van der Waals surface area contributed by atoms with E-state index < -0.39 is 0 Å². The predicted octanol–water partition coefficient (Wildman–Crippen LogP) is 2.12. The first-order valence-electron chi connectivity index (χ1n) is 5.31. The molecule has 0 saturated carbocycles. The maximum absolute atomic E-state index is 4.64. The zero-order valence-electron chi connectivity index (χ0n) is 9.57. The van der Waals surface area contributed by atoms with Crippen LogP contribution in [-0.4, -0.2) is 28.5 Å². The number of aromatic nitrogens is 2. The van der Waals surface area contributed by atoms with E-state index in [-0.39, 0.29) is 0 Å². The summed E-state index contributed by atoms with van der Waals surface area (Å²) in [7, 11) is 4.14. The fourth-order valence-corrected chi connectivity index (χ4v) is 1.88. The molecule has 0 fully saturated rings. The van der Waals surface area contributed by atoms with Gasteiger partial charge in [-0.1, -0.05) is 12.1 Å². The van der Waals surface area contributed by atoms with E-state index in [9.17, 15) is 0 Å². The molecular weight excluding hydrogens is 186 g/mol. The van der Waals surface area contributed by atoms with Crippen LogP contribution in [-0.2, 0) is 13.1 Å². The van der Waals surface area contributed by atoms with E-state index in [4.69, 9.17) is 0 Å². The molecule has 0 N–H and O–H groups in total. The number of para-hydroxylation sites is 2. The van der Waals surface area contributed by atoms with Gasteiger partial charge in [-0.05, 0) is 33.2 Å². The highest BCUT2D eigenvalue weighted by molar-refractivity contribution is 5.75. The molecule has 1 aromatic heterocycles. The molecule has 15 heavy (non-hydrogen) atoms. The topological polar surface area (TPSA) is 21.1 Å². The van der Waals surface area contributed by atoms with Crippen LogP contribution in [0.15, 0.2) is 24.3 Å². The lowest BCUT2D eigenvalue weighted by atomic mass is 10.3. The van der Waals surface area contributed by atoms with Crippen LogP contribution >= 0.6 is 0 Å². The fraction of sp³-hybridized carbons (Fsp3) is 0.417. The van der Waals surface area contributed by atoms with Crippen LogP contribution < -0.4 is 0 Å². The summed E-state index contributed by atoms with van der Waals surface area (Å²) in [5.74, 6) is 1.14. The smallest absolute Gasteiger partial charge is 0.124 e. The average Bonchev–Trinajstić information content (AvgIpc) is 2.53. The van der Waals surface area contributed by atoms with Crippen LogP contribution in [0.3, 0.4) is 0 Å². The van der Waals surface area contributed by atoms with E-state index in [2.05, 4.69) is 53.7 Å². The minimum Gasteiger partial charge on any atom is -0.327 e. The van der Waals surface area contributed by atoms with Crippen molar-refractivity contribution >= 4 is 11.0 Å². The van der Waals surface area contributed by atoms with E-state index in [0.29, 0.717) is 0 Å². The summed E-state index contributed by atoms with van der Waals surface area (Å²) in [6.07, 6.45) is 0. The summed E-state index contributed by atoms with van der Waals surface area (Å²) < 4.78 is 2.27. The van der Waals surface area contributed by atoms with Crippen LogP contribution in [0.2, 0.25) is 0 Å². The van der Waals surface area contributed by atoms with Crippen LogP contribution in [0.5, 0.6) is 0 Å². The van der Waals surface area contributed by atoms with Crippen molar-refractivity contribution in [1.29, 1.82) is 0 Å². The highest BCUT2D eigenvalue weighted by Gasteiger charge is 2.08. The van der Waals surface area contributed by atoms with Crippen molar-refractivity contribution in [2.75, 3.05) is 14.1 Å². The minimum atomic E-state index is 0.891. The third kappa shape index (κ3) is 1.88. The zero-order valence-corrected chi connectivity index (χ0v) is 9.57. The van der Waals surface area contributed by atoms with Gasteiger partial charge < -0.3 is 9.47 Å². The second-order valence-electron chi connectivity index (χ2n) is 4.00. The Kier molecular flexibility index (Phi) is 2.73. The first kappa shape index (κ1) is 10.2. The van der Waals surface area contributed by atoms with Crippen molar-refractivity contribution in [2.45, 2.75) is 20.0 Å². The first-order valence-corrected chi connectivity index (χ1v) is 5.31. The van der Waals surface area contributed by atoms with Gasteiger partial charge in [0.15, 0.2) is 0 Å². The van der Waals surface area contributed by atoms with Gasteiger partial charge in [0, 0.05) is 6.54 Å². The average molecular weight is 203 g/mol. The van der Waals surface area contributed by atoms with Crippen LogP contribution in [0.1, 0.15) is 12.7 Å². The summed E-state index contributed by atoms with van der Waals surface area (Å²) >= 11 is 0. The Morgan fingerprint density at radius 2 is 2.00 bits per heavy atom. The molecule has 0 spiro atoms. The van der Waals surface area contributed by atoms with Gasteiger partial charge in [0.25, 0.3) is 0 Å². The molecule has 3 nitrogen and oxygen atoms in total. The van der Waals surface area contributed by atoms with Crippen molar-refractivity contribution in [3.63, 3.8) is 0 Å². The third-order valence-corrected chi connectivity index (χ3v) is 2.51. The van der Waals surface area contributed by atoms with Gasteiger partial charge in [0.2, 0.25) is 0 Å². The van der Waals surface area contributed by atoms with Gasteiger partial charge >= 0.3 is 0 Å². The Morgan fingerprint density at radius 1 is 1.27 bits per heavy atom. The van der Waals surface area contributed by atoms with Crippen molar-refractivity contribution in [2.24, 2.45) is 0 Å². The molecule has 2 rings (SSSR count). The Labute approximate surface area is 90.3 Å². The lowest BCUT2D eigenvalue weighted by molar-refractivity contribution is 0.383. The molecule has 0 aliphatic rings. The molecule has 0 amide bonds. The molecule has 2 aromatic rings.